The van der Waals surface area contributed by atoms with Crippen LogP contribution < -0.4 is 0 Å². The maximum Gasteiger partial charge on any atom is 0.163 e. The van der Waals surface area contributed by atoms with Crippen LogP contribution in [0.25, 0.3) is 0 Å². The van der Waals surface area contributed by atoms with Crippen LogP contribution in [0.2, 0.25) is 0 Å². The van der Waals surface area contributed by atoms with Crippen LogP contribution in [0.3, 0.4) is 0 Å². The molecule has 0 bridgehead atoms. The largest absolute Gasteiger partial charge is 0.294 e. The second-order valence-electron chi connectivity index (χ2n) is 4.61. The third-order valence-electron chi connectivity index (χ3n) is 3.15. The van der Waals surface area contributed by atoms with Crippen molar-refractivity contribution in [2.24, 2.45) is 0 Å². The Labute approximate surface area is 119 Å². The van der Waals surface area contributed by atoms with Crippen molar-refractivity contribution in [2.75, 3.05) is 0 Å². The first-order valence-corrected chi connectivity index (χ1v) is 6.81. The summed E-state index contributed by atoms with van der Waals surface area (Å²) >= 11 is 4.94. The van der Waals surface area contributed by atoms with Crippen molar-refractivity contribution in [1.82, 2.24) is 0 Å². The zero-order chi connectivity index (χ0) is 13.7. The zero-order valence-electron chi connectivity index (χ0n) is 10.9. The summed E-state index contributed by atoms with van der Waals surface area (Å²) in [6, 6.07) is 15.8. The second-order valence-corrected chi connectivity index (χ2v) is 4.85. The monoisotopic (exact) mass is 268 g/mol. The van der Waals surface area contributed by atoms with Gasteiger partial charge in [-0.25, -0.2) is 0 Å². The highest BCUT2D eigenvalue weighted by molar-refractivity contribution is 7.79. The predicted molar refractivity (Wildman–Crippen MR) is 83.0 cm³/mol. The fourth-order valence-corrected chi connectivity index (χ4v) is 2.21. The molecular formula is C17H16OS. The van der Waals surface area contributed by atoms with E-state index < -0.39 is 0 Å². The fourth-order valence-electron chi connectivity index (χ4n) is 2.00. The molecule has 2 aromatic carbocycles. The van der Waals surface area contributed by atoms with Gasteiger partial charge in [0.15, 0.2) is 5.78 Å². The van der Waals surface area contributed by atoms with Crippen molar-refractivity contribution in [3.05, 3.63) is 70.8 Å². The van der Waals surface area contributed by atoms with Gasteiger partial charge in [-0.2, -0.15) is 0 Å². The van der Waals surface area contributed by atoms with Gasteiger partial charge in [0.1, 0.15) is 0 Å². The molecule has 0 aromatic heterocycles. The van der Waals surface area contributed by atoms with Crippen molar-refractivity contribution in [3.8, 4) is 0 Å². The zero-order valence-corrected chi connectivity index (χ0v) is 11.7. The number of hydrogen-bond donors (Lipinski definition) is 0. The van der Waals surface area contributed by atoms with Gasteiger partial charge in [0.2, 0.25) is 0 Å². The van der Waals surface area contributed by atoms with Crippen molar-refractivity contribution in [3.63, 3.8) is 0 Å². The highest BCUT2D eigenvalue weighted by Gasteiger charge is 2.09. The lowest BCUT2D eigenvalue weighted by atomic mass is 9.99. The third kappa shape index (κ3) is 3.58. The Morgan fingerprint density at radius 2 is 1.79 bits per heavy atom. The summed E-state index contributed by atoms with van der Waals surface area (Å²) < 4.78 is 0. The number of ketones is 1. The number of rotatable bonds is 5. The maximum absolute atomic E-state index is 12.2. The van der Waals surface area contributed by atoms with Crippen LogP contribution >= 0.6 is 12.2 Å². The van der Waals surface area contributed by atoms with Crippen molar-refractivity contribution >= 4 is 23.4 Å². The molecule has 0 saturated carbocycles. The van der Waals surface area contributed by atoms with Gasteiger partial charge in [0.05, 0.1) is 0 Å². The van der Waals surface area contributed by atoms with Gasteiger partial charge in [-0.1, -0.05) is 66.3 Å². The number of aryl methyl sites for hydroxylation is 2. The Morgan fingerprint density at radius 1 is 1.11 bits per heavy atom. The Balaban J connectivity index is 2.05. The van der Waals surface area contributed by atoms with Crippen LogP contribution in [-0.2, 0) is 6.42 Å². The molecule has 0 aliphatic rings. The van der Waals surface area contributed by atoms with E-state index in [1.54, 1.807) is 5.37 Å². The molecule has 0 atom stereocenters. The van der Waals surface area contributed by atoms with Crippen molar-refractivity contribution in [2.45, 2.75) is 19.8 Å². The summed E-state index contributed by atoms with van der Waals surface area (Å²) in [5.74, 6) is 0.150. The average Bonchev–Trinajstić information content (AvgIpc) is 2.46. The number of thiocarbonyl (C=S) groups is 1. The summed E-state index contributed by atoms with van der Waals surface area (Å²) in [5.41, 5.74) is 4.00. The Morgan fingerprint density at radius 3 is 2.47 bits per heavy atom. The molecule has 0 aliphatic heterocycles. The van der Waals surface area contributed by atoms with E-state index in [2.05, 4.69) is 31.2 Å². The standard InChI is InChI=1S/C17H16OS/c1-13-6-8-14(9-7-13)10-11-17(18)16-5-3-2-4-15(16)12-19/h2-9,12H,10-11H2,1H3. The second kappa shape index (κ2) is 6.39. The van der Waals surface area contributed by atoms with E-state index in [9.17, 15) is 4.79 Å². The first kappa shape index (κ1) is 13.6. The molecule has 2 rings (SSSR count). The molecule has 0 radical (unpaired) electrons. The van der Waals surface area contributed by atoms with Crippen LogP contribution in [0.5, 0.6) is 0 Å². The van der Waals surface area contributed by atoms with Crippen LogP contribution in [0.15, 0.2) is 48.5 Å². The third-order valence-corrected chi connectivity index (χ3v) is 3.40. The SMILES string of the molecule is Cc1ccc(CCC(=O)c2ccccc2C=S)cc1. The van der Waals surface area contributed by atoms with Crippen molar-refractivity contribution in [1.29, 1.82) is 0 Å². The van der Waals surface area contributed by atoms with E-state index in [4.69, 9.17) is 12.2 Å². The molecule has 0 unspecified atom stereocenters. The van der Waals surface area contributed by atoms with Gasteiger partial charge in [0.25, 0.3) is 0 Å². The summed E-state index contributed by atoms with van der Waals surface area (Å²) in [5, 5.41) is 1.57. The number of carbonyl (C=O) groups excluding carboxylic acids is 1. The summed E-state index contributed by atoms with van der Waals surface area (Å²) in [4.78, 5) is 12.2. The minimum Gasteiger partial charge on any atom is -0.294 e. The smallest absolute Gasteiger partial charge is 0.163 e. The normalized spacial score (nSPS) is 10.2. The fraction of sp³-hybridized carbons (Fsp3) is 0.176. The molecule has 0 amide bonds. The minimum absolute atomic E-state index is 0.150. The van der Waals surface area contributed by atoms with Crippen LogP contribution in [0.1, 0.15) is 33.5 Å². The molecule has 0 N–H and O–H groups in total. The van der Waals surface area contributed by atoms with E-state index in [-0.39, 0.29) is 5.78 Å². The minimum atomic E-state index is 0.150. The van der Waals surface area contributed by atoms with E-state index in [1.807, 2.05) is 24.3 Å². The van der Waals surface area contributed by atoms with E-state index in [0.717, 1.165) is 17.5 Å². The number of benzene rings is 2. The molecule has 0 saturated heterocycles. The van der Waals surface area contributed by atoms with Gasteiger partial charge in [-0.15, -0.1) is 0 Å². The Bertz CT molecular complexity index is 584. The lowest BCUT2D eigenvalue weighted by molar-refractivity contribution is 0.0983. The van der Waals surface area contributed by atoms with Gasteiger partial charge in [-0.05, 0) is 24.5 Å². The predicted octanol–water partition coefficient (Wildman–Crippen LogP) is 4.16. The molecule has 0 heterocycles. The lowest BCUT2D eigenvalue weighted by Gasteiger charge is -2.05. The summed E-state index contributed by atoms with van der Waals surface area (Å²) in [6.07, 6.45) is 1.29. The highest BCUT2D eigenvalue weighted by atomic mass is 32.1. The average molecular weight is 268 g/mol. The molecule has 2 heteroatoms. The molecule has 96 valence electrons. The highest BCUT2D eigenvalue weighted by Crippen LogP contribution is 2.12. The Hall–Kier alpha value is -1.80. The van der Waals surface area contributed by atoms with E-state index >= 15 is 0 Å². The molecule has 2 aromatic rings. The molecule has 19 heavy (non-hydrogen) atoms. The van der Waals surface area contributed by atoms with Gasteiger partial charge >= 0.3 is 0 Å². The maximum atomic E-state index is 12.2. The number of carbonyl (C=O) groups is 1. The Kier molecular flexibility index (Phi) is 4.58. The molecule has 0 fully saturated rings. The first-order valence-electron chi connectivity index (χ1n) is 6.33. The molecule has 1 nitrogen and oxygen atoms in total. The number of hydrogen-bond acceptors (Lipinski definition) is 2. The van der Waals surface area contributed by atoms with E-state index in [1.165, 1.54) is 11.1 Å². The van der Waals surface area contributed by atoms with Crippen LogP contribution in [0, 0.1) is 6.92 Å². The summed E-state index contributed by atoms with van der Waals surface area (Å²) in [7, 11) is 0. The summed E-state index contributed by atoms with van der Waals surface area (Å²) in [6.45, 7) is 2.06. The lowest BCUT2D eigenvalue weighted by Crippen LogP contribution is -2.04. The molecule has 0 spiro atoms. The van der Waals surface area contributed by atoms with Crippen molar-refractivity contribution < 1.29 is 4.79 Å². The number of Topliss-reactive ketones (excluding diaryl/α,β-unsaturated/α-hetero) is 1. The van der Waals surface area contributed by atoms with Gasteiger partial charge in [0, 0.05) is 17.4 Å². The topological polar surface area (TPSA) is 17.1 Å². The quantitative estimate of drug-likeness (QED) is 0.598. The van der Waals surface area contributed by atoms with Crippen LogP contribution in [0.4, 0.5) is 0 Å². The first-order chi connectivity index (χ1) is 9.20. The molecular weight excluding hydrogens is 252 g/mol. The van der Waals surface area contributed by atoms with Gasteiger partial charge < -0.3 is 0 Å². The van der Waals surface area contributed by atoms with E-state index in [0.29, 0.717) is 6.42 Å². The van der Waals surface area contributed by atoms with Crippen LogP contribution in [-0.4, -0.2) is 11.2 Å². The molecule has 0 aliphatic carbocycles. The van der Waals surface area contributed by atoms with Gasteiger partial charge in [-0.3, -0.25) is 4.79 Å².